The van der Waals surface area contributed by atoms with E-state index in [1.807, 2.05) is 0 Å². The summed E-state index contributed by atoms with van der Waals surface area (Å²) in [6.07, 6.45) is 2.06. The molecule has 0 bridgehead atoms. The maximum atomic E-state index is 13.0. The second-order valence-electron chi connectivity index (χ2n) is 3.19. The lowest BCUT2D eigenvalue weighted by Gasteiger charge is -2.03. The van der Waals surface area contributed by atoms with Crippen LogP contribution in [0.25, 0.3) is 0 Å². The second kappa shape index (κ2) is 4.40. The van der Waals surface area contributed by atoms with Gasteiger partial charge in [-0.05, 0) is 23.8 Å². The molecule has 82 valence electrons. The highest BCUT2D eigenvalue weighted by Crippen LogP contribution is 2.17. The standard InChI is InChI=1S/C10H7ClFN3O/c11-10-2-1-8(12)3-7(10)4-15-5-9(6-16)13-14-15/h1-3,5-6H,4H2. The van der Waals surface area contributed by atoms with Crippen molar-refractivity contribution >= 4 is 17.9 Å². The van der Waals surface area contributed by atoms with E-state index in [0.29, 0.717) is 16.9 Å². The van der Waals surface area contributed by atoms with Crippen LogP contribution in [0.1, 0.15) is 16.1 Å². The molecule has 0 N–H and O–H groups in total. The van der Waals surface area contributed by atoms with Gasteiger partial charge in [0.2, 0.25) is 0 Å². The SMILES string of the molecule is O=Cc1cn(Cc2cc(F)ccc2Cl)nn1. The van der Waals surface area contributed by atoms with Crippen LogP contribution in [-0.2, 0) is 6.54 Å². The van der Waals surface area contributed by atoms with Gasteiger partial charge in [0.25, 0.3) is 0 Å². The average Bonchev–Trinajstić information content (AvgIpc) is 2.71. The highest BCUT2D eigenvalue weighted by Gasteiger charge is 2.05. The zero-order chi connectivity index (χ0) is 11.5. The summed E-state index contributed by atoms with van der Waals surface area (Å²) in [5.41, 5.74) is 0.816. The van der Waals surface area contributed by atoms with Gasteiger partial charge in [-0.3, -0.25) is 4.79 Å². The van der Waals surface area contributed by atoms with Crippen LogP contribution in [0, 0.1) is 5.82 Å². The largest absolute Gasteiger partial charge is 0.296 e. The summed E-state index contributed by atoms with van der Waals surface area (Å²) >= 11 is 5.89. The summed E-state index contributed by atoms with van der Waals surface area (Å²) in [7, 11) is 0. The summed E-state index contributed by atoms with van der Waals surface area (Å²) in [6, 6.07) is 4.08. The molecule has 1 aromatic carbocycles. The fraction of sp³-hybridized carbons (Fsp3) is 0.100. The monoisotopic (exact) mass is 239 g/mol. The molecule has 4 nitrogen and oxygen atoms in total. The first-order valence-corrected chi connectivity index (χ1v) is 4.86. The fourth-order valence-electron chi connectivity index (χ4n) is 1.28. The van der Waals surface area contributed by atoms with Crippen molar-refractivity contribution in [2.24, 2.45) is 0 Å². The first-order chi connectivity index (χ1) is 7.69. The minimum Gasteiger partial charge on any atom is -0.296 e. The average molecular weight is 240 g/mol. The fourth-order valence-corrected chi connectivity index (χ4v) is 1.46. The van der Waals surface area contributed by atoms with Crippen LogP contribution in [0.3, 0.4) is 0 Å². The van der Waals surface area contributed by atoms with Crippen molar-refractivity contribution in [1.29, 1.82) is 0 Å². The maximum absolute atomic E-state index is 13.0. The van der Waals surface area contributed by atoms with Gasteiger partial charge in [0.15, 0.2) is 6.29 Å². The summed E-state index contributed by atoms with van der Waals surface area (Å²) in [4.78, 5) is 10.4. The Morgan fingerprint density at radius 2 is 2.31 bits per heavy atom. The van der Waals surface area contributed by atoms with Crippen molar-refractivity contribution < 1.29 is 9.18 Å². The number of hydrogen-bond acceptors (Lipinski definition) is 3. The Kier molecular flexibility index (Phi) is 2.96. The predicted octanol–water partition coefficient (Wildman–Crippen LogP) is 1.93. The van der Waals surface area contributed by atoms with E-state index >= 15 is 0 Å². The third-order valence-corrected chi connectivity index (χ3v) is 2.39. The molecule has 0 aliphatic carbocycles. The molecule has 0 atom stereocenters. The van der Waals surface area contributed by atoms with E-state index in [4.69, 9.17) is 11.6 Å². The number of nitrogens with zero attached hydrogens (tertiary/aromatic N) is 3. The molecule has 0 aliphatic rings. The van der Waals surface area contributed by atoms with Crippen LogP contribution in [0.4, 0.5) is 4.39 Å². The van der Waals surface area contributed by atoms with E-state index in [-0.39, 0.29) is 18.1 Å². The number of carbonyl (C=O) groups excluding carboxylic acids is 1. The number of benzene rings is 1. The van der Waals surface area contributed by atoms with Gasteiger partial charge in [-0.2, -0.15) is 0 Å². The number of rotatable bonds is 3. The van der Waals surface area contributed by atoms with Gasteiger partial charge in [-0.25, -0.2) is 9.07 Å². The summed E-state index contributed by atoms with van der Waals surface area (Å²) in [5.74, 6) is -0.366. The lowest BCUT2D eigenvalue weighted by Crippen LogP contribution is -2.01. The molecule has 0 aliphatic heterocycles. The van der Waals surface area contributed by atoms with E-state index in [1.54, 1.807) is 0 Å². The molecule has 0 radical (unpaired) electrons. The zero-order valence-electron chi connectivity index (χ0n) is 8.10. The Bertz CT molecular complexity index is 527. The van der Waals surface area contributed by atoms with Crippen LogP contribution in [0.2, 0.25) is 5.02 Å². The molecule has 2 aromatic rings. The van der Waals surface area contributed by atoms with Crippen LogP contribution in [-0.4, -0.2) is 21.3 Å². The summed E-state index contributed by atoms with van der Waals surface area (Å²) < 4.78 is 14.4. The third kappa shape index (κ3) is 2.25. The molecule has 0 saturated carbocycles. The van der Waals surface area contributed by atoms with Crippen molar-refractivity contribution in [3.63, 3.8) is 0 Å². The number of aldehydes is 1. The molecule has 0 fully saturated rings. The quantitative estimate of drug-likeness (QED) is 0.769. The number of carbonyl (C=O) groups is 1. The molecule has 2 rings (SSSR count). The molecular formula is C10H7ClFN3O. The molecular weight excluding hydrogens is 233 g/mol. The minimum absolute atomic E-state index is 0.229. The highest BCUT2D eigenvalue weighted by atomic mass is 35.5. The smallest absolute Gasteiger partial charge is 0.171 e. The molecule has 1 heterocycles. The molecule has 16 heavy (non-hydrogen) atoms. The first kappa shape index (κ1) is 10.8. The van der Waals surface area contributed by atoms with E-state index in [0.717, 1.165) is 0 Å². The van der Waals surface area contributed by atoms with Crippen LogP contribution >= 0.6 is 11.6 Å². The summed E-state index contributed by atoms with van der Waals surface area (Å²) in [6.45, 7) is 0.275. The van der Waals surface area contributed by atoms with E-state index in [9.17, 15) is 9.18 Å². The van der Waals surface area contributed by atoms with Crippen molar-refractivity contribution in [2.45, 2.75) is 6.54 Å². The minimum atomic E-state index is -0.366. The van der Waals surface area contributed by atoms with Crippen molar-refractivity contribution in [3.8, 4) is 0 Å². The van der Waals surface area contributed by atoms with Crippen LogP contribution < -0.4 is 0 Å². The first-order valence-electron chi connectivity index (χ1n) is 4.48. The van der Waals surface area contributed by atoms with Crippen molar-refractivity contribution in [2.75, 3.05) is 0 Å². The van der Waals surface area contributed by atoms with Gasteiger partial charge in [0, 0.05) is 5.02 Å². The van der Waals surface area contributed by atoms with Gasteiger partial charge in [-0.15, -0.1) is 5.10 Å². The van der Waals surface area contributed by atoms with Gasteiger partial charge in [0.05, 0.1) is 12.7 Å². The predicted molar refractivity (Wildman–Crippen MR) is 55.9 cm³/mol. The maximum Gasteiger partial charge on any atom is 0.171 e. The topological polar surface area (TPSA) is 47.8 Å². The second-order valence-corrected chi connectivity index (χ2v) is 3.60. The lowest BCUT2D eigenvalue weighted by atomic mass is 10.2. The number of hydrogen-bond donors (Lipinski definition) is 0. The molecule has 0 saturated heterocycles. The van der Waals surface area contributed by atoms with E-state index in [1.165, 1.54) is 29.1 Å². The zero-order valence-corrected chi connectivity index (χ0v) is 8.86. The third-order valence-electron chi connectivity index (χ3n) is 2.02. The Morgan fingerprint density at radius 1 is 1.50 bits per heavy atom. The Hall–Kier alpha value is -1.75. The molecule has 0 unspecified atom stereocenters. The molecule has 0 spiro atoms. The van der Waals surface area contributed by atoms with Crippen LogP contribution in [0.15, 0.2) is 24.4 Å². The van der Waals surface area contributed by atoms with E-state index < -0.39 is 0 Å². The van der Waals surface area contributed by atoms with Crippen molar-refractivity contribution in [3.05, 3.63) is 46.5 Å². The Labute approximate surface area is 95.6 Å². The number of aromatic nitrogens is 3. The molecule has 6 heteroatoms. The van der Waals surface area contributed by atoms with Gasteiger partial charge in [0.1, 0.15) is 11.5 Å². The molecule has 0 amide bonds. The lowest BCUT2D eigenvalue weighted by molar-refractivity contribution is 0.111. The highest BCUT2D eigenvalue weighted by molar-refractivity contribution is 6.31. The number of halogens is 2. The van der Waals surface area contributed by atoms with Gasteiger partial charge in [-0.1, -0.05) is 16.8 Å². The normalized spacial score (nSPS) is 10.4. The van der Waals surface area contributed by atoms with E-state index in [2.05, 4.69) is 10.3 Å². The molecule has 1 aromatic heterocycles. The Morgan fingerprint density at radius 3 is 3.00 bits per heavy atom. The van der Waals surface area contributed by atoms with Crippen LogP contribution in [0.5, 0.6) is 0 Å². The van der Waals surface area contributed by atoms with Crippen molar-refractivity contribution in [1.82, 2.24) is 15.0 Å². The Balaban J connectivity index is 2.26. The summed E-state index contributed by atoms with van der Waals surface area (Å²) in [5, 5.41) is 7.75. The van der Waals surface area contributed by atoms with Gasteiger partial charge < -0.3 is 0 Å². The van der Waals surface area contributed by atoms with Gasteiger partial charge >= 0.3 is 0 Å².